The summed E-state index contributed by atoms with van der Waals surface area (Å²) in [6.07, 6.45) is 1.47. The first-order chi connectivity index (χ1) is 10.1. The van der Waals surface area contributed by atoms with Crippen LogP contribution in [-0.2, 0) is 11.3 Å². The van der Waals surface area contributed by atoms with Crippen molar-refractivity contribution >= 4 is 23.4 Å². The molecule has 1 atom stereocenters. The number of nitrogens with one attached hydrogen (secondary N) is 1. The van der Waals surface area contributed by atoms with Crippen LogP contribution >= 0.6 is 11.8 Å². The summed E-state index contributed by atoms with van der Waals surface area (Å²) in [6.45, 7) is 0.308. The number of halogens is 1. The lowest BCUT2D eigenvalue weighted by molar-refractivity contribution is -0.119. The van der Waals surface area contributed by atoms with Gasteiger partial charge in [0.2, 0.25) is 5.91 Å². The minimum absolute atomic E-state index is 0.160. The smallest absolute Gasteiger partial charge is 0.254 e. The van der Waals surface area contributed by atoms with Crippen LogP contribution in [0.1, 0.15) is 0 Å². The van der Waals surface area contributed by atoms with E-state index in [0.29, 0.717) is 23.1 Å². The lowest BCUT2D eigenvalue weighted by atomic mass is 10.1. The van der Waals surface area contributed by atoms with Gasteiger partial charge in [-0.15, -0.1) is 0 Å². The number of hydrogen-bond acceptors (Lipinski definition) is 4. The monoisotopic (exact) mass is 305 g/mol. The molecule has 1 amide bonds. The summed E-state index contributed by atoms with van der Waals surface area (Å²) in [5, 5.41) is 3.37. The molecule has 108 valence electrons. The van der Waals surface area contributed by atoms with E-state index in [0.717, 1.165) is 0 Å². The molecule has 21 heavy (non-hydrogen) atoms. The number of amides is 1. The molecule has 0 saturated heterocycles. The largest absolute Gasteiger partial charge is 0.326 e. The van der Waals surface area contributed by atoms with E-state index < -0.39 is 0 Å². The third kappa shape index (κ3) is 2.97. The first-order valence-electron chi connectivity index (χ1n) is 6.38. The lowest BCUT2D eigenvalue weighted by Gasteiger charge is -2.23. The fourth-order valence-electron chi connectivity index (χ4n) is 2.09. The van der Waals surface area contributed by atoms with E-state index in [1.807, 2.05) is 0 Å². The Morgan fingerprint density at radius 1 is 1.33 bits per heavy atom. The predicted molar refractivity (Wildman–Crippen MR) is 77.7 cm³/mol. The van der Waals surface area contributed by atoms with Crippen molar-refractivity contribution in [3.63, 3.8) is 0 Å². The Morgan fingerprint density at radius 2 is 2.10 bits per heavy atom. The van der Waals surface area contributed by atoms with Gasteiger partial charge in [0.1, 0.15) is 5.82 Å². The molecule has 7 heteroatoms. The van der Waals surface area contributed by atoms with Crippen LogP contribution in [0.5, 0.6) is 0 Å². The standard InChI is InChI=1S/C14H12FN3O2S/c15-10-1-3-11(4-2-10)17-13(20)9-7-18-12(19)5-6-16-14(18)21-8-9/h1-6,9H,7-8H2,(H,17,20). The summed E-state index contributed by atoms with van der Waals surface area (Å²) in [7, 11) is 0. The topological polar surface area (TPSA) is 64.0 Å². The molecule has 0 saturated carbocycles. The van der Waals surface area contributed by atoms with Crippen molar-refractivity contribution < 1.29 is 9.18 Å². The van der Waals surface area contributed by atoms with Gasteiger partial charge >= 0.3 is 0 Å². The van der Waals surface area contributed by atoms with Gasteiger partial charge in [0.05, 0.1) is 5.92 Å². The van der Waals surface area contributed by atoms with Gasteiger partial charge in [-0.05, 0) is 24.3 Å². The van der Waals surface area contributed by atoms with E-state index in [-0.39, 0.29) is 23.2 Å². The van der Waals surface area contributed by atoms with Crippen molar-refractivity contribution in [3.8, 4) is 0 Å². The van der Waals surface area contributed by atoms with Crippen molar-refractivity contribution in [2.45, 2.75) is 11.7 Å². The average Bonchev–Trinajstić information content (AvgIpc) is 2.50. The van der Waals surface area contributed by atoms with Crippen LogP contribution in [0.2, 0.25) is 0 Å². The Morgan fingerprint density at radius 3 is 2.86 bits per heavy atom. The van der Waals surface area contributed by atoms with Crippen LogP contribution < -0.4 is 10.9 Å². The van der Waals surface area contributed by atoms with Gasteiger partial charge in [0, 0.05) is 30.2 Å². The fraction of sp³-hybridized carbons (Fsp3) is 0.214. The second-order valence-electron chi connectivity index (χ2n) is 4.68. The van der Waals surface area contributed by atoms with Gasteiger partial charge in [-0.3, -0.25) is 14.2 Å². The molecule has 0 radical (unpaired) electrons. The number of carbonyl (C=O) groups excluding carboxylic acids is 1. The lowest BCUT2D eigenvalue weighted by Crippen LogP contribution is -2.36. The highest BCUT2D eigenvalue weighted by Crippen LogP contribution is 2.25. The second-order valence-corrected chi connectivity index (χ2v) is 5.67. The highest BCUT2D eigenvalue weighted by Gasteiger charge is 2.26. The summed E-state index contributed by atoms with van der Waals surface area (Å²) < 4.78 is 14.3. The normalized spacial score (nSPS) is 17.1. The Balaban J connectivity index is 1.74. The molecule has 1 aromatic carbocycles. The minimum Gasteiger partial charge on any atom is -0.326 e. The quantitative estimate of drug-likeness (QED) is 0.859. The van der Waals surface area contributed by atoms with Crippen molar-refractivity contribution in [2.75, 3.05) is 11.1 Å². The zero-order chi connectivity index (χ0) is 14.8. The maximum absolute atomic E-state index is 12.8. The summed E-state index contributed by atoms with van der Waals surface area (Å²) in [6, 6.07) is 6.96. The zero-order valence-corrected chi connectivity index (χ0v) is 11.8. The third-order valence-electron chi connectivity index (χ3n) is 3.20. The van der Waals surface area contributed by atoms with Crippen molar-refractivity contribution in [1.29, 1.82) is 0 Å². The number of benzene rings is 1. The molecule has 0 fully saturated rings. The van der Waals surface area contributed by atoms with Crippen LogP contribution in [0, 0.1) is 11.7 Å². The van der Waals surface area contributed by atoms with E-state index in [1.165, 1.54) is 52.9 Å². The predicted octanol–water partition coefficient (Wildman–Crippen LogP) is 1.74. The number of aromatic nitrogens is 2. The number of hydrogen-bond donors (Lipinski definition) is 1. The highest BCUT2D eigenvalue weighted by atomic mass is 32.2. The van der Waals surface area contributed by atoms with Crippen LogP contribution in [0.3, 0.4) is 0 Å². The molecule has 1 aliphatic rings. The molecule has 5 nitrogen and oxygen atoms in total. The van der Waals surface area contributed by atoms with Gasteiger partial charge in [0.15, 0.2) is 5.16 Å². The Hall–Kier alpha value is -2.15. The molecule has 0 aliphatic carbocycles. The third-order valence-corrected chi connectivity index (χ3v) is 4.35. The average molecular weight is 305 g/mol. The van der Waals surface area contributed by atoms with E-state index in [1.54, 1.807) is 0 Å². The number of thioether (sulfide) groups is 1. The van der Waals surface area contributed by atoms with E-state index >= 15 is 0 Å². The molecule has 1 unspecified atom stereocenters. The van der Waals surface area contributed by atoms with E-state index in [2.05, 4.69) is 10.3 Å². The van der Waals surface area contributed by atoms with Crippen LogP contribution in [0.25, 0.3) is 0 Å². The van der Waals surface area contributed by atoms with Crippen LogP contribution in [0.15, 0.2) is 46.5 Å². The summed E-state index contributed by atoms with van der Waals surface area (Å²) in [5.74, 6) is -0.304. The number of rotatable bonds is 2. The summed E-state index contributed by atoms with van der Waals surface area (Å²) in [4.78, 5) is 28.1. The van der Waals surface area contributed by atoms with Gasteiger partial charge in [-0.1, -0.05) is 11.8 Å². The van der Waals surface area contributed by atoms with E-state index in [4.69, 9.17) is 0 Å². The molecule has 1 aromatic heterocycles. The van der Waals surface area contributed by atoms with Crippen molar-refractivity contribution in [3.05, 3.63) is 52.7 Å². The Bertz CT molecular complexity index is 730. The molecule has 3 rings (SSSR count). The second kappa shape index (κ2) is 5.69. The number of anilines is 1. The molecule has 0 bridgehead atoms. The first kappa shape index (κ1) is 13.8. The zero-order valence-electron chi connectivity index (χ0n) is 11.0. The number of carbonyl (C=O) groups is 1. The Kier molecular flexibility index (Phi) is 3.74. The summed E-state index contributed by atoms with van der Waals surface area (Å²) >= 11 is 1.38. The van der Waals surface area contributed by atoms with Gasteiger partial charge in [0.25, 0.3) is 5.56 Å². The maximum atomic E-state index is 12.8. The van der Waals surface area contributed by atoms with E-state index in [9.17, 15) is 14.0 Å². The molecule has 1 N–H and O–H groups in total. The molecular formula is C14H12FN3O2S. The van der Waals surface area contributed by atoms with Gasteiger partial charge in [-0.25, -0.2) is 9.37 Å². The first-order valence-corrected chi connectivity index (χ1v) is 7.37. The number of nitrogens with zero attached hydrogens (tertiary/aromatic N) is 2. The molecule has 2 aromatic rings. The fourth-order valence-corrected chi connectivity index (χ4v) is 3.15. The maximum Gasteiger partial charge on any atom is 0.254 e. The van der Waals surface area contributed by atoms with Crippen molar-refractivity contribution in [1.82, 2.24) is 9.55 Å². The molecule has 1 aliphatic heterocycles. The molecule has 0 spiro atoms. The van der Waals surface area contributed by atoms with Gasteiger partial charge in [-0.2, -0.15) is 0 Å². The van der Waals surface area contributed by atoms with Crippen molar-refractivity contribution in [2.24, 2.45) is 5.92 Å². The Labute approximate surface area is 124 Å². The minimum atomic E-state index is -0.354. The number of fused-ring (bicyclic) bond motifs is 1. The SMILES string of the molecule is O=C(Nc1ccc(F)cc1)C1CSc2nccc(=O)n2C1. The summed E-state index contributed by atoms with van der Waals surface area (Å²) in [5.41, 5.74) is 0.377. The van der Waals surface area contributed by atoms with Crippen LogP contribution in [-0.4, -0.2) is 21.2 Å². The molecule has 2 heterocycles. The van der Waals surface area contributed by atoms with Gasteiger partial charge < -0.3 is 5.32 Å². The molecular weight excluding hydrogens is 293 g/mol. The van der Waals surface area contributed by atoms with Crippen LogP contribution in [0.4, 0.5) is 10.1 Å². The highest BCUT2D eigenvalue weighted by molar-refractivity contribution is 7.99.